The molecule has 2 aromatic carbocycles. The maximum absolute atomic E-state index is 12.7. The Morgan fingerprint density at radius 1 is 0.971 bits per heavy atom. The Morgan fingerprint density at radius 2 is 1.57 bits per heavy atom. The Hall–Kier alpha value is -3.35. The van der Waals surface area contributed by atoms with E-state index in [2.05, 4.69) is 34.9 Å². The van der Waals surface area contributed by atoms with Gasteiger partial charge in [-0.1, -0.05) is 74.7 Å². The third-order valence-corrected chi connectivity index (χ3v) is 7.57. The minimum absolute atomic E-state index is 0.0267. The Morgan fingerprint density at radius 3 is 2.14 bits per heavy atom. The van der Waals surface area contributed by atoms with E-state index in [1.54, 1.807) is 0 Å². The quantitative estimate of drug-likeness (QED) is 0.484. The van der Waals surface area contributed by atoms with Gasteiger partial charge in [0.05, 0.1) is 11.3 Å². The SMILES string of the molecule is CCC(CNC(=O)OCC1c2ccccc2-c2ccccc21)C(=O)NCC1(C(=O)O)CCCCC1. The van der Waals surface area contributed by atoms with Crippen LogP contribution in [0, 0.1) is 11.3 Å². The Balaban J connectivity index is 1.28. The zero-order valence-corrected chi connectivity index (χ0v) is 20.2. The van der Waals surface area contributed by atoms with Crippen LogP contribution in [0.3, 0.4) is 0 Å². The fourth-order valence-electron chi connectivity index (χ4n) is 5.37. The van der Waals surface area contributed by atoms with Crippen LogP contribution in [-0.4, -0.2) is 42.8 Å². The zero-order valence-electron chi connectivity index (χ0n) is 20.2. The number of aliphatic carboxylic acids is 1. The molecule has 1 atom stereocenters. The molecule has 7 nitrogen and oxygen atoms in total. The number of rotatable bonds is 9. The third-order valence-electron chi connectivity index (χ3n) is 7.57. The van der Waals surface area contributed by atoms with Gasteiger partial charge in [-0.3, -0.25) is 9.59 Å². The molecule has 4 rings (SSSR count). The van der Waals surface area contributed by atoms with E-state index in [0.29, 0.717) is 19.3 Å². The molecule has 0 radical (unpaired) electrons. The van der Waals surface area contributed by atoms with E-state index < -0.39 is 23.4 Å². The monoisotopic (exact) mass is 478 g/mol. The van der Waals surface area contributed by atoms with E-state index in [1.165, 1.54) is 0 Å². The number of benzene rings is 2. The minimum atomic E-state index is -0.883. The standard InChI is InChI=1S/C28H34N2O5/c1-2-19(25(31)30-18-28(26(32)33)14-8-3-9-15-28)16-29-27(34)35-17-24-22-12-6-4-10-20(22)21-11-5-7-13-23(21)24/h4-7,10-13,19,24H,2-3,8-9,14-18H2,1H3,(H,29,34)(H,30,31)(H,32,33). The summed E-state index contributed by atoms with van der Waals surface area (Å²) in [6.45, 7) is 2.35. The minimum Gasteiger partial charge on any atom is -0.481 e. The van der Waals surface area contributed by atoms with Crippen LogP contribution >= 0.6 is 0 Å². The van der Waals surface area contributed by atoms with E-state index in [9.17, 15) is 19.5 Å². The lowest BCUT2D eigenvalue weighted by atomic mass is 9.74. The predicted octanol–water partition coefficient (Wildman–Crippen LogP) is 4.70. The molecule has 1 saturated carbocycles. The molecule has 2 amide bonds. The molecule has 0 saturated heterocycles. The van der Waals surface area contributed by atoms with Crippen LogP contribution in [0.15, 0.2) is 48.5 Å². The van der Waals surface area contributed by atoms with Crippen molar-refractivity contribution in [2.45, 2.75) is 51.4 Å². The number of nitrogens with one attached hydrogen (secondary N) is 2. The van der Waals surface area contributed by atoms with Crippen LogP contribution in [-0.2, 0) is 14.3 Å². The van der Waals surface area contributed by atoms with E-state index in [0.717, 1.165) is 41.5 Å². The average molecular weight is 479 g/mol. The first-order valence-electron chi connectivity index (χ1n) is 12.5. The molecule has 0 aliphatic heterocycles. The van der Waals surface area contributed by atoms with Crippen molar-refractivity contribution >= 4 is 18.0 Å². The number of carbonyl (C=O) groups excluding carboxylic acids is 2. The van der Waals surface area contributed by atoms with Crippen molar-refractivity contribution in [1.29, 1.82) is 0 Å². The molecule has 7 heteroatoms. The largest absolute Gasteiger partial charge is 0.481 e. The van der Waals surface area contributed by atoms with Crippen molar-refractivity contribution in [3.05, 3.63) is 59.7 Å². The Labute approximate surface area is 206 Å². The van der Waals surface area contributed by atoms with Gasteiger partial charge in [0, 0.05) is 19.0 Å². The van der Waals surface area contributed by atoms with Crippen molar-refractivity contribution in [3.8, 4) is 11.1 Å². The fraction of sp³-hybridized carbons (Fsp3) is 0.464. The first kappa shape index (κ1) is 24.8. The number of ether oxygens (including phenoxy) is 1. The first-order chi connectivity index (χ1) is 16.9. The molecular formula is C28H34N2O5. The maximum Gasteiger partial charge on any atom is 0.407 e. The van der Waals surface area contributed by atoms with E-state index in [4.69, 9.17) is 4.74 Å². The lowest BCUT2D eigenvalue weighted by Gasteiger charge is -2.33. The third kappa shape index (κ3) is 5.34. The molecule has 3 N–H and O–H groups in total. The van der Waals surface area contributed by atoms with E-state index >= 15 is 0 Å². The lowest BCUT2D eigenvalue weighted by molar-refractivity contribution is -0.151. The molecule has 1 fully saturated rings. The van der Waals surface area contributed by atoms with Gasteiger partial charge in [-0.05, 0) is 41.5 Å². The smallest absolute Gasteiger partial charge is 0.407 e. The van der Waals surface area contributed by atoms with E-state index in [-0.39, 0.29) is 31.5 Å². The summed E-state index contributed by atoms with van der Waals surface area (Å²) in [6, 6.07) is 16.3. The summed E-state index contributed by atoms with van der Waals surface area (Å²) in [7, 11) is 0. The highest BCUT2D eigenvalue weighted by Gasteiger charge is 2.40. The topological polar surface area (TPSA) is 105 Å². The van der Waals surface area contributed by atoms with Gasteiger partial charge in [-0.15, -0.1) is 0 Å². The van der Waals surface area contributed by atoms with Gasteiger partial charge in [0.25, 0.3) is 0 Å². The van der Waals surface area contributed by atoms with Crippen molar-refractivity contribution in [2.75, 3.05) is 19.7 Å². The molecule has 2 aliphatic carbocycles. The second-order valence-corrected chi connectivity index (χ2v) is 9.68. The maximum atomic E-state index is 12.7. The average Bonchev–Trinajstić information content (AvgIpc) is 3.20. The van der Waals surface area contributed by atoms with Crippen molar-refractivity contribution in [3.63, 3.8) is 0 Å². The summed E-state index contributed by atoms with van der Waals surface area (Å²) in [5.74, 6) is -1.56. The van der Waals surface area contributed by atoms with Crippen LogP contribution in [0.4, 0.5) is 4.79 Å². The number of carbonyl (C=O) groups is 3. The molecule has 35 heavy (non-hydrogen) atoms. The Kier molecular flexibility index (Phi) is 7.73. The molecule has 0 heterocycles. The zero-order chi connectivity index (χ0) is 24.8. The molecule has 0 aromatic heterocycles. The van der Waals surface area contributed by atoms with Gasteiger partial charge in [-0.2, -0.15) is 0 Å². The van der Waals surface area contributed by atoms with Gasteiger partial charge in [0.15, 0.2) is 0 Å². The van der Waals surface area contributed by atoms with E-state index in [1.807, 2.05) is 31.2 Å². The van der Waals surface area contributed by atoms with Crippen LogP contribution in [0.1, 0.15) is 62.5 Å². The number of carboxylic acids is 1. The molecule has 0 spiro atoms. The van der Waals surface area contributed by atoms with Crippen LogP contribution in [0.5, 0.6) is 0 Å². The molecular weight excluding hydrogens is 444 g/mol. The molecule has 2 aromatic rings. The van der Waals surface area contributed by atoms with Gasteiger partial charge in [0.2, 0.25) is 5.91 Å². The van der Waals surface area contributed by atoms with Crippen molar-refractivity contribution in [1.82, 2.24) is 10.6 Å². The number of hydrogen-bond acceptors (Lipinski definition) is 4. The fourth-order valence-corrected chi connectivity index (χ4v) is 5.37. The highest BCUT2D eigenvalue weighted by atomic mass is 16.5. The highest BCUT2D eigenvalue weighted by Crippen LogP contribution is 2.44. The number of hydrogen-bond donors (Lipinski definition) is 3. The van der Waals surface area contributed by atoms with Gasteiger partial charge >= 0.3 is 12.1 Å². The summed E-state index contributed by atoms with van der Waals surface area (Å²) in [5.41, 5.74) is 3.73. The molecule has 0 bridgehead atoms. The number of carboxylic acid groups (broad SMARTS) is 1. The summed E-state index contributed by atoms with van der Waals surface area (Å²) in [4.78, 5) is 37.1. The normalized spacial score (nSPS) is 17.1. The predicted molar refractivity (Wildman–Crippen MR) is 133 cm³/mol. The number of amides is 2. The molecule has 186 valence electrons. The summed E-state index contributed by atoms with van der Waals surface area (Å²) in [6.07, 6.45) is 3.88. The van der Waals surface area contributed by atoms with Gasteiger partial charge < -0.3 is 20.5 Å². The molecule has 2 aliphatic rings. The second-order valence-electron chi connectivity index (χ2n) is 9.68. The van der Waals surface area contributed by atoms with Gasteiger partial charge in [0.1, 0.15) is 6.61 Å². The summed E-state index contributed by atoms with van der Waals surface area (Å²) in [5, 5.41) is 15.3. The first-order valence-corrected chi connectivity index (χ1v) is 12.5. The van der Waals surface area contributed by atoms with Crippen molar-refractivity contribution in [2.24, 2.45) is 11.3 Å². The lowest BCUT2D eigenvalue weighted by Crippen LogP contribution is -2.47. The van der Waals surface area contributed by atoms with Crippen LogP contribution < -0.4 is 10.6 Å². The summed E-state index contributed by atoms with van der Waals surface area (Å²) < 4.78 is 5.56. The second kappa shape index (κ2) is 10.9. The van der Waals surface area contributed by atoms with Crippen LogP contribution in [0.25, 0.3) is 11.1 Å². The summed E-state index contributed by atoms with van der Waals surface area (Å²) >= 11 is 0. The van der Waals surface area contributed by atoms with Crippen molar-refractivity contribution < 1.29 is 24.2 Å². The Bertz CT molecular complexity index is 1030. The highest BCUT2D eigenvalue weighted by molar-refractivity contribution is 5.82. The van der Waals surface area contributed by atoms with Gasteiger partial charge in [-0.25, -0.2) is 4.79 Å². The number of alkyl carbamates (subject to hydrolysis) is 1. The van der Waals surface area contributed by atoms with Crippen LogP contribution in [0.2, 0.25) is 0 Å². The molecule has 1 unspecified atom stereocenters. The number of fused-ring (bicyclic) bond motifs is 3.